The van der Waals surface area contributed by atoms with Crippen LogP contribution in [0.5, 0.6) is 0 Å². The Balaban J connectivity index is 2.58. The minimum absolute atomic E-state index is 0.188. The molecule has 2 N–H and O–H groups in total. The second-order valence-corrected chi connectivity index (χ2v) is 7.30. The van der Waals surface area contributed by atoms with Crippen LogP contribution in [0.4, 0.5) is 23.7 Å². The average molecular weight is 358 g/mol. The third-order valence-corrected chi connectivity index (χ3v) is 4.14. The molecule has 1 amide bonds. The highest BCUT2D eigenvalue weighted by Gasteiger charge is 2.37. The minimum Gasteiger partial charge on any atom is -0.443 e. The Morgan fingerprint density at radius 2 is 1.96 bits per heavy atom. The van der Waals surface area contributed by atoms with Crippen LogP contribution in [0.3, 0.4) is 0 Å². The summed E-state index contributed by atoms with van der Waals surface area (Å²) in [6.45, 7) is 7.10. The summed E-state index contributed by atoms with van der Waals surface area (Å²) in [6.07, 6.45) is -3.71. The van der Waals surface area contributed by atoms with Gasteiger partial charge in [0, 0.05) is 12.6 Å². The summed E-state index contributed by atoms with van der Waals surface area (Å²) in [5.41, 5.74) is 5.65. The molecule has 1 atom stereocenters. The number of anilines is 1. The Morgan fingerprint density at radius 3 is 2.48 bits per heavy atom. The third kappa shape index (κ3) is 4.45. The number of amides is 1. The molecule has 7 heteroatoms. The lowest BCUT2D eigenvalue weighted by atomic mass is 9.95. The van der Waals surface area contributed by atoms with Crippen molar-refractivity contribution >= 4 is 11.8 Å². The molecular formula is C18H25F3N2O2. The molecule has 1 aromatic carbocycles. The van der Waals surface area contributed by atoms with Gasteiger partial charge in [0.25, 0.3) is 0 Å². The summed E-state index contributed by atoms with van der Waals surface area (Å²) in [6, 6.07) is 2.13. The van der Waals surface area contributed by atoms with Crippen molar-refractivity contribution in [1.29, 1.82) is 0 Å². The van der Waals surface area contributed by atoms with Crippen LogP contribution in [0.1, 0.15) is 63.3 Å². The maximum Gasteiger partial charge on any atom is 0.416 e. The van der Waals surface area contributed by atoms with Gasteiger partial charge in [-0.3, -0.25) is 4.90 Å². The first-order valence-electron chi connectivity index (χ1n) is 8.44. The first-order chi connectivity index (χ1) is 11.4. The molecule has 0 saturated heterocycles. The molecule has 0 spiro atoms. The molecule has 0 bridgehead atoms. The van der Waals surface area contributed by atoms with Crippen molar-refractivity contribution in [1.82, 2.24) is 0 Å². The van der Waals surface area contributed by atoms with Gasteiger partial charge < -0.3 is 10.5 Å². The Labute approximate surface area is 146 Å². The SMILES string of the molecule is CCc1cc2c(cc1C(F)(F)F)N(C(=O)OC(C)(C)C)CCC[C@@H]2N. The van der Waals surface area contributed by atoms with Crippen molar-refractivity contribution in [2.45, 2.75) is 64.8 Å². The second kappa shape index (κ2) is 6.86. The van der Waals surface area contributed by atoms with Crippen LogP contribution in [-0.2, 0) is 17.3 Å². The van der Waals surface area contributed by atoms with E-state index in [9.17, 15) is 18.0 Å². The van der Waals surface area contributed by atoms with E-state index in [1.54, 1.807) is 27.7 Å². The number of rotatable bonds is 1. The van der Waals surface area contributed by atoms with E-state index in [1.165, 1.54) is 11.0 Å². The first kappa shape index (κ1) is 19.6. The van der Waals surface area contributed by atoms with Gasteiger partial charge in [-0.25, -0.2) is 4.79 Å². The van der Waals surface area contributed by atoms with Crippen molar-refractivity contribution in [2.75, 3.05) is 11.4 Å². The number of ether oxygens (including phenoxy) is 1. The predicted molar refractivity (Wildman–Crippen MR) is 90.6 cm³/mol. The Kier molecular flexibility index (Phi) is 5.37. The van der Waals surface area contributed by atoms with Crippen molar-refractivity contribution in [3.05, 3.63) is 28.8 Å². The number of halogens is 3. The second-order valence-electron chi connectivity index (χ2n) is 7.30. The van der Waals surface area contributed by atoms with E-state index in [4.69, 9.17) is 10.5 Å². The van der Waals surface area contributed by atoms with E-state index in [-0.39, 0.29) is 24.2 Å². The third-order valence-electron chi connectivity index (χ3n) is 4.14. The quantitative estimate of drug-likeness (QED) is 0.784. The summed E-state index contributed by atoms with van der Waals surface area (Å²) in [5.74, 6) is 0. The fraction of sp³-hybridized carbons (Fsp3) is 0.611. The molecule has 1 aliphatic rings. The standard InChI is InChI=1S/C18H25F3N2O2/c1-5-11-9-12-14(22)7-6-8-23(16(24)25-17(2,3)4)15(12)10-13(11)18(19,20)21/h9-10,14H,5-8,22H2,1-4H3/t14-/m0/s1. The van der Waals surface area contributed by atoms with Crippen LogP contribution in [-0.4, -0.2) is 18.2 Å². The van der Waals surface area contributed by atoms with Gasteiger partial charge in [0.05, 0.1) is 11.3 Å². The average Bonchev–Trinajstić information content (AvgIpc) is 2.62. The summed E-state index contributed by atoms with van der Waals surface area (Å²) >= 11 is 0. The van der Waals surface area contributed by atoms with Gasteiger partial charge in [-0.2, -0.15) is 13.2 Å². The van der Waals surface area contributed by atoms with Gasteiger partial charge in [0.15, 0.2) is 0 Å². The zero-order valence-corrected chi connectivity index (χ0v) is 15.0. The molecule has 0 saturated carbocycles. The Bertz CT molecular complexity index is 651. The predicted octanol–water partition coefficient (Wildman–Crippen LogP) is 4.80. The molecule has 0 aromatic heterocycles. The van der Waals surface area contributed by atoms with E-state index >= 15 is 0 Å². The number of fused-ring (bicyclic) bond motifs is 1. The molecule has 0 radical (unpaired) electrons. The summed E-state index contributed by atoms with van der Waals surface area (Å²) in [7, 11) is 0. The number of benzene rings is 1. The lowest BCUT2D eigenvalue weighted by Crippen LogP contribution is -2.37. The fourth-order valence-electron chi connectivity index (χ4n) is 2.99. The first-order valence-corrected chi connectivity index (χ1v) is 8.44. The zero-order valence-electron chi connectivity index (χ0n) is 15.0. The largest absolute Gasteiger partial charge is 0.443 e. The number of carbonyl (C=O) groups excluding carboxylic acids is 1. The lowest BCUT2D eigenvalue weighted by Gasteiger charge is -2.29. The molecule has 25 heavy (non-hydrogen) atoms. The number of carbonyl (C=O) groups is 1. The van der Waals surface area contributed by atoms with Crippen molar-refractivity contribution in [3.8, 4) is 0 Å². The fourth-order valence-corrected chi connectivity index (χ4v) is 2.99. The maximum atomic E-state index is 13.4. The highest BCUT2D eigenvalue weighted by atomic mass is 19.4. The number of nitrogens with zero attached hydrogens (tertiary/aromatic N) is 1. The van der Waals surface area contributed by atoms with Gasteiger partial charge in [-0.1, -0.05) is 13.0 Å². The van der Waals surface area contributed by atoms with Crippen LogP contribution in [0.2, 0.25) is 0 Å². The molecule has 1 aliphatic heterocycles. The number of aryl methyl sites for hydroxylation is 1. The lowest BCUT2D eigenvalue weighted by molar-refractivity contribution is -0.138. The molecule has 1 heterocycles. The Morgan fingerprint density at radius 1 is 1.32 bits per heavy atom. The van der Waals surface area contributed by atoms with Gasteiger partial charge in [-0.15, -0.1) is 0 Å². The number of hydrogen-bond donors (Lipinski definition) is 1. The number of alkyl halides is 3. The molecule has 0 fully saturated rings. The zero-order chi connectivity index (χ0) is 19.0. The molecule has 2 rings (SSSR count). The van der Waals surface area contributed by atoms with Gasteiger partial charge in [0.2, 0.25) is 0 Å². The number of hydrogen-bond acceptors (Lipinski definition) is 3. The molecular weight excluding hydrogens is 333 g/mol. The van der Waals surface area contributed by atoms with Crippen LogP contribution < -0.4 is 10.6 Å². The maximum absolute atomic E-state index is 13.4. The van der Waals surface area contributed by atoms with Gasteiger partial charge in [0.1, 0.15) is 5.60 Å². The monoisotopic (exact) mass is 358 g/mol. The number of nitrogens with two attached hydrogens (primary N) is 1. The molecule has 0 unspecified atom stereocenters. The van der Waals surface area contributed by atoms with Crippen molar-refractivity contribution < 1.29 is 22.7 Å². The highest BCUT2D eigenvalue weighted by molar-refractivity contribution is 5.89. The molecule has 1 aromatic rings. The van der Waals surface area contributed by atoms with Crippen LogP contribution in [0.25, 0.3) is 0 Å². The summed E-state index contributed by atoms with van der Waals surface area (Å²) in [4.78, 5) is 13.8. The van der Waals surface area contributed by atoms with Crippen molar-refractivity contribution in [2.24, 2.45) is 5.73 Å². The van der Waals surface area contributed by atoms with E-state index in [1.807, 2.05) is 0 Å². The summed E-state index contributed by atoms with van der Waals surface area (Å²) in [5, 5.41) is 0. The van der Waals surface area contributed by atoms with Crippen molar-refractivity contribution in [3.63, 3.8) is 0 Å². The van der Waals surface area contributed by atoms with Crippen LogP contribution >= 0.6 is 0 Å². The van der Waals surface area contributed by atoms with Crippen LogP contribution in [0, 0.1) is 0 Å². The molecule has 0 aliphatic carbocycles. The smallest absolute Gasteiger partial charge is 0.416 e. The Hall–Kier alpha value is -1.76. The topological polar surface area (TPSA) is 55.6 Å². The van der Waals surface area contributed by atoms with E-state index < -0.39 is 29.5 Å². The normalized spacial score (nSPS) is 18.6. The summed E-state index contributed by atoms with van der Waals surface area (Å²) < 4.78 is 45.7. The van der Waals surface area contributed by atoms with E-state index in [0.29, 0.717) is 18.4 Å². The molecule has 140 valence electrons. The minimum atomic E-state index is -4.49. The highest BCUT2D eigenvalue weighted by Crippen LogP contribution is 2.40. The van der Waals surface area contributed by atoms with Crippen LogP contribution in [0.15, 0.2) is 12.1 Å². The van der Waals surface area contributed by atoms with E-state index in [0.717, 1.165) is 6.07 Å². The van der Waals surface area contributed by atoms with E-state index in [2.05, 4.69) is 0 Å². The van der Waals surface area contributed by atoms with Gasteiger partial charge in [-0.05, 0) is 57.2 Å². The van der Waals surface area contributed by atoms with Gasteiger partial charge >= 0.3 is 12.3 Å². The molecule has 4 nitrogen and oxygen atoms in total.